The van der Waals surface area contributed by atoms with Crippen molar-refractivity contribution in [1.82, 2.24) is 9.55 Å². The number of rotatable bonds is 7. The van der Waals surface area contributed by atoms with E-state index in [9.17, 15) is 0 Å². The zero-order chi connectivity index (χ0) is 20.1. The second-order valence-corrected chi connectivity index (χ2v) is 7.07. The molecular weight excluding hydrogens is 361 g/mol. The third kappa shape index (κ3) is 3.47. The van der Waals surface area contributed by atoms with Crippen LogP contribution in [0.15, 0.2) is 97.2 Å². The molecule has 4 rings (SSSR count). The molecule has 0 radical (unpaired) electrons. The van der Waals surface area contributed by atoms with Crippen LogP contribution in [-0.2, 0) is 12.0 Å². The Kier molecular flexibility index (Phi) is 5.54. The minimum absolute atomic E-state index is 0.506. The number of imidazole rings is 1. The van der Waals surface area contributed by atoms with Crippen LogP contribution in [0.25, 0.3) is 0 Å². The number of nitrogens with zero attached hydrogens (tertiary/aromatic N) is 2. The zero-order valence-corrected chi connectivity index (χ0v) is 16.2. The topological polar surface area (TPSA) is 43.8 Å². The maximum atomic E-state index is 15.4. The fourth-order valence-electron chi connectivity index (χ4n) is 4.00. The lowest BCUT2D eigenvalue weighted by molar-refractivity contribution is 0.397. The first-order chi connectivity index (χ1) is 14.3. The van der Waals surface area contributed by atoms with Crippen molar-refractivity contribution in [3.05, 3.63) is 126 Å². The van der Waals surface area contributed by atoms with Gasteiger partial charge in [0.05, 0.1) is 5.69 Å². The molecule has 4 aromatic rings. The maximum Gasteiger partial charge on any atom is 0.290 e. The van der Waals surface area contributed by atoms with Crippen LogP contribution in [0.4, 0.5) is 4.39 Å². The highest BCUT2D eigenvalue weighted by atomic mass is 19.1. The van der Waals surface area contributed by atoms with Gasteiger partial charge in [-0.15, -0.1) is 0 Å². The molecule has 4 heteroatoms. The smallest absolute Gasteiger partial charge is 0.290 e. The molecule has 0 aliphatic carbocycles. The Morgan fingerprint density at radius 1 is 0.759 bits per heavy atom. The van der Waals surface area contributed by atoms with Gasteiger partial charge in [0.2, 0.25) is 0 Å². The van der Waals surface area contributed by atoms with Gasteiger partial charge in [0.15, 0.2) is 0 Å². The van der Waals surface area contributed by atoms with E-state index >= 15 is 4.39 Å². The van der Waals surface area contributed by atoms with Crippen LogP contribution >= 0.6 is 0 Å². The Balaban J connectivity index is 2.05. The van der Waals surface area contributed by atoms with E-state index < -0.39 is 11.6 Å². The number of hydrogen-bond donors (Lipinski definition) is 1. The summed E-state index contributed by atoms with van der Waals surface area (Å²) in [7, 11) is 0. The molecule has 0 aliphatic rings. The van der Waals surface area contributed by atoms with E-state index in [1.165, 1.54) is 0 Å². The first-order valence-electron chi connectivity index (χ1n) is 9.87. The highest BCUT2D eigenvalue weighted by Gasteiger charge is 2.40. The predicted molar refractivity (Wildman–Crippen MR) is 114 cm³/mol. The molecule has 0 spiro atoms. The summed E-state index contributed by atoms with van der Waals surface area (Å²) in [5, 5.41) is 0. The quantitative estimate of drug-likeness (QED) is 0.467. The third-order valence-corrected chi connectivity index (χ3v) is 5.29. The maximum absolute atomic E-state index is 15.4. The van der Waals surface area contributed by atoms with Gasteiger partial charge in [-0.3, -0.25) is 4.57 Å². The fourth-order valence-corrected chi connectivity index (χ4v) is 4.00. The van der Waals surface area contributed by atoms with E-state index in [1.54, 1.807) is 4.57 Å². The van der Waals surface area contributed by atoms with Crippen molar-refractivity contribution < 1.29 is 4.39 Å². The van der Waals surface area contributed by atoms with E-state index in [1.807, 2.05) is 97.2 Å². The van der Waals surface area contributed by atoms with Gasteiger partial charge in [0.25, 0.3) is 6.08 Å². The Morgan fingerprint density at radius 3 is 1.62 bits per heavy atom. The lowest BCUT2D eigenvalue weighted by atomic mass is 9.76. The van der Waals surface area contributed by atoms with Gasteiger partial charge in [0.1, 0.15) is 5.54 Å². The molecule has 0 bridgehead atoms. The molecular formula is C25H24FN3. The molecule has 0 saturated heterocycles. The van der Waals surface area contributed by atoms with Crippen molar-refractivity contribution in [3.8, 4) is 0 Å². The third-order valence-electron chi connectivity index (χ3n) is 5.29. The van der Waals surface area contributed by atoms with E-state index in [0.717, 1.165) is 23.1 Å². The Bertz CT molecular complexity index is 947. The molecule has 0 fully saturated rings. The largest absolute Gasteiger partial charge is 0.330 e. The van der Waals surface area contributed by atoms with Crippen LogP contribution in [0.5, 0.6) is 0 Å². The number of aryl methyl sites for hydroxylation is 1. The number of aromatic nitrogens is 2. The van der Waals surface area contributed by atoms with Gasteiger partial charge in [0, 0.05) is 6.20 Å². The Morgan fingerprint density at radius 2 is 1.21 bits per heavy atom. The predicted octanol–water partition coefficient (Wildman–Crippen LogP) is 4.75. The van der Waals surface area contributed by atoms with Gasteiger partial charge >= 0.3 is 0 Å². The molecule has 2 N–H and O–H groups in total. The Hall–Kier alpha value is -3.24. The molecule has 0 aliphatic heterocycles. The van der Waals surface area contributed by atoms with Gasteiger partial charge in [-0.1, -0.05) is 91.0 Å². The number of halogens is 1. The molecule has 3 nitrogen and oxygen atoms in total. The monoisotopic (exact) mass is 385 g/mol. The van der Waals surface area contributed by atoms with Gasteiger partial charge in [-0.2, -0.15) is 4.39 Å². The highest BCUT2D eigenvalue weighted by molar-refractivity contribution is 5.50. The van der Waals surface area contributed by atoms with E-state index in [-0.39, 0.29) is 0 Å². The van der Waals surface area contributed by atoms with E-state index in [4.69, 9.17) is 5.73 Å². The van der Waals surface area contributed by atoms with Crippen molar-refractivity contribution in [2.75, 3.05) is 6.54 Å². The molecule has 0 saturated carbocycles. The lowest BCUT2D eigenvalue weighted by Gasteiger charge is -2.37. The van der Waals surface area contributed by atoms with Crippen molar-refractivity contribution in [3.63, 3.8) is 0 Å². The second kappa shape index (κ2) is 8.41. The van der Waals surface area contributed by atoms with Gasteiger partial charge < -0.3 is 5.73 Å². The average Bonchev–Trinajstić information content (AvgIpc) is 3.16. The summed E-state index contributed by atoms with van der Waals surface area (Å²) in [6.07, 6.45) is 2.74. The molecule has 3 aromatic carbocycles. The zero-order valence-electron chi connectivity index (χ0n) is 16.2. The summed E-state index contributed by atoms with van der Waals surface area (Å²) >= 11 is 0. The van der Waals surface area contributed by atoms with Crippen molar-refractivity contribution in [2.45, 2.75) is 18.4 Å². The van der Waals surface area contributed by atoms with Crippen molar-refractivity contribution in [1.29, 1.82) is 0 Å². The fraction of sp³-hybridized carbons (Fsp3) is 0.160. The van der Waals surface area contributed by atoms with Crippen molar-refractivity contribution >= 4 is 0 Å². The SMILES string of the molecule is NCCCc1cn(C(c2ccccc2)(c2ccccc2)c2ccccc2)c(F)n1. The van der Waals surface area contributed by atoms with Crippen LogP contribution in [0, 0.1) is 6.08 Å². The number of hydrogen-bond acceptors (Lipinski definition) is 2. The lowest BCUT2D eigenvalue weighted by Crippen LogP contribution is -2.38. The van der Waals surface area contributed by atoms with Crippen LogP contribution in [0.3, 0.4) is 0 Å². The molecule has 0 unspecified atom stereocenters. The first kappa shape index (κ1) is 19.1. The average molecular weight is 385 g/mol. The normalized spacial score (nSPS) is 11.5. The minimum atomic E-state index is -0.873. The second-order valence-electron chi connectivity index (χ2n) is 7.07. The van der Waals surface area contributed by atoms with Gasteiger partial charge in [-0.05, 0) is 36.1 Å². The highest BCUT2D eigenvalue weighted by Crippen LogP contribution is 2.41. The summed E-state index contributed by atoms with van der Waals surface area (Å²) in [5.41, 5.74) is 8.40. The summed E-state index contributed by atoms with van der Waals surface area (Å²) in [6.45, 7) is 0.551. The van der Waals surface area contributed by atoms with Crippen LogP contribution in [0.2, 0.25) is 0 Å². The molecule has 1 heterocycles. The molecule has 0 amide bonds. The van der Waals surface area contributed by atoms with Crippen LogP contribution in [0.1, 0.15) is 28.8 Å². The van der Waals surface area contributed by atoms with E-state index in [0.29, 0.717) is 18.7 Å². The van der Waals surface area contributed by atoms with E-state index in [2.05, 4.69) is 4.98 Å². The standard InChI is InChI=1S/C25H24FN3/c26-24-28-23(17-10-18-27)19-29(24)25(20-11-4-1-5-12-20,21-13-6-2-7-14-21)22-15-8-3-9-16-22/h1-9,11-16,19H,10,17-18,27H2. The van der Waals surface area contributed by atoms with Crippen molar-refractivity contribution in [2.24, 2.45) is 5.73 Å². The van der Waals surface area contributed by atoms with Crippen LogP contribution < -0.4 is 5.73 Å². The summed E-state index contributed by atoms with van der Waals surface area (Å²) in [5.74, 6) is 0. The molecule has 0 atom stereocenters. The van der Waals surface area contributed by atoms with Gasteiger partial charge in [-0.25, -0.2) is 4.98 Å². The molecule has 1 aromatic heterocycles. The number of benzene rings is 3. The number of nitrogens with two attached hydrogens (primary N) is 1. The minimum Gasteiger partial charge on any atom is -0.330 e. The molecule has 29 heavy (non-hydrogen) atoms. The summed E-state index contributed by atoms with van der Waals surface area (Å²) in [6, 6.07) is 30.1. The summed E-state index contributed by atoms with van der Waals surface area (Å²) < 4.78 is 17.1. The van der Waals surface area contributed by atoms with Crippen LogP contribution in [-0.4, -0.2) is 16.1 Å². The molecule has 146 valence electrons. The Labute approximate surface area is 170 Å². The summed E-state index contributed by atoms with van der Waals surface area (Å²) in [4.78, 5) is 4.23. The first-order valence-corrected chi connectivity index (χ1v) is 9.87.